The van der Waals surface area contributed by atoms with Crippen LogP contribution in [0.5, 0.6) is 0 Å². The first-order chi connectivity index (χ1) is 9.12. The molecular weight excluding hydrogens is 262 g/mol. The van der Waals surface area contributed by atoms with Crippen LogP contribution in [0.15, 0.2) is 0 Å². The molecule has 1 aliphatic rings. The summed E-state index contributed by atoms with van der Waals surface area (Å²) in [6, 6.07) is 0. The number of carbonyl (C=O) groups is 1. The molecule has 1 heterocycles. The smallest absolute Gasteiger partial charge is 0.330 e. The van der Waals surface area contributed by atoms with Crippen LogP contribution in [0.4, 0.5) is 0 Å². The zero-order valence-corrected chi connectivity index (χ0v) is 12.8. The summed E-state index contributed by atoms with van der Waals surface area (Å²) in [6.07, 6.45) is -0.946. The zero-order valence-electron chi connectivity index (χ0n) is 12.8. The lowest BCUT2D eigenvalue weighted by atomic mass is 9.73. The van der Waals surface area contributed by atoms with Crippen molar-refractivity contribution in [2.24, 2.45) is 10.8 Å². The average molecular weight is 289 g/mol. The Kier molecular flexibility index (Phi) is 5.54. The molecule has 0 spiro atoms. The Morgan fingerprint density at radius 1 is 1.30 bits per heavy atom. The fourth-order valence-corrected chi connectivity index (χ4v) is 2.34. The second-order valence-corrected chi connectivity index (χ2v) is 6.76. The van der Waals surface area contributed by atoms with Crippen LogP contribution in [-0.4, -0.2) is 58.3 Å². The minimum absolute atomic E-state index is 0.194. The molecule has 2 atom stereocenters. The molecule has 0 aromatic heterocycles. The van der Waals surface area contributed by atoms with E-state index in [4.69, 9.17) is 4.84 Å². The maximum atomic E-state index is 11.8. The van der Waals surface area contributed by atoms with Crippen LogP contribution in [0.3, 0.4) is 0 Å². The van der Waals surface area contributed by atoms with Gasteiger partial charge in [0.1, 0.15) is 0 Å². The van der Waals surface area contributed by atoms with Crippen molar-refractivity contribution < 1.29 is 25.0 Å². The molecule has 1 rings (SSSR count). The van der Waals surface area contributed by atoms with E-state index in [0.29, 0.717) is 25.9 Å². The number of nitrogens with zero attached hydrogens (tertiary/aromatic N) is 1. The summed E-state index contributed by atoms with van der Waals surface area (Å²) >= 11 is 0. The quantitative estimate of drug-likeness (QED) is 0.690. The van der Waals surface area contributed by atoms with E-state index >= 15 is 0 Å². The molecular formula is C14H27NO5. The van der Waals surface area contributed by atoms with Gasteiger partial charge in [0.05, 0.1) is 24.2 Å². The maximum absolute atomic E-state index is 11.8. The van der Waals surface area contributed by atoms with E-state index < -0.39 is 23.0 Å². The van der Waals surface area contributed by atoms with Gasteiger partial charge >= 0.3 is 5.97 Å². The van der Waals surface area contributed by atoms with Crippen molar-refractivity contribution in [3.63, 3.8) is 0 Å². The molecule has 3 N–H and O–H groups in total. The molecule has 0 radical (unpaired) electrons. The van der Waals surface area contributed by atoms with Crippen LogP contribution in [0.1, 0.15) is 40.5 Å². The first-order valence-corrected chi connectivity index (χ1v) is 7.07. The molecule has 118 valence electrons. The molecule has 1 fully saturated rings. The molecule has 6 heteroatoms. The van der Waals surface area contributed by atoms with Crippen LogP contribution in [0.25, 0.3) is 0 Å². The summed E-state index contributed by atoms with van der Waals surface area (Å²) in [6.45, 7) is 7.55. The molecule has 0 amide bonds. The number of carbonyl (C=O) groups excluding carboxylic acids is 1. The lowest BCUT2D eigenvalue weighted by molar-refractivity contribution is -0.217. The lowest BCUT2D eigenvalue weighted by Gasteiger charge is -2.43. The van der Waals surface area contributed by atoms with Crippen LogP contribution in [-0.2, 0) is 9.63 Å². The molecule has 1 aliphatic heterocycles. The Morgan fingerprint density at radius 2 is 1.80 bits per heavy atom. The van der Waals surface area contributed by atoms with Crippen molar-refractivity contribution in [2.75, 3.05) is 19.7 Å². The van der Waals surface area contributed by atoms with Gasteiger partial charge in [-0.05, 0) is 40.5 Å². The van der Waals surface area contributed by atoms with Crippen molar-refractivity contribution in [3.05, 3.63) is 0 Å². The second-order valence-electron chi connectivity index (χ2n) is 6.76. The molecule has 0 aromatic rings. The zero-order chi connectivity index (χ0) is 15.6. The SMILES string of the molecule is C[C@H](O)C(O)C1(CO)CCN(OC(=O)C(C)(C)C)CC1. The van der Waals surface area contributed by atoms with Crippen LogP contribution < -0.4 is 0 Å². The van der Waals surface area contributed by atoms with Gasteiger partial charge in [0.25, 0.3) is 0 Å². The monoisotopic (exact) mass is 289 g/mol. The number of hydrogen-bond donors (Lipinski definition) is 3. The number of piperidine rings is 1. The topological polar surface area (TPSA) is 90.2 Å². The van der Waals surface area contributed by atoms with Gasteiger partial charge in [-0.1, -0.05) is 0 Å². The van der Waals surface area contributed by atoms with Crippen LogP contribution in [0.2, 0.25) is 0 Å². The van der Waals surface area contributed by atoms with Gasteiger partial charge in [-0.2, -0.15) is 0 Å². The van der Waals surface area contributed by atoms with Gasteiger partial charge < -0.3 is 20.2 Å². The van der Waals surface area contributed by atoms with Crippen LogP contribution >= 0.6 is 0 Å². The summed E-state index contributed by atoms with van der Waals surface area (Å²) in [5.74, 6) is -0.301. The van der Waals surface area contributed by atoms with Gasteiger partial charge in [0, 0.05) is 18.5 Å². The highest BCUT2D eigenvalue weighted by molar-refractivity contribution is 5.75. The third-order valence-corrected chi connectivity index (χ3v) is 3.94. The van der Waals surface area contributed by atoms with E-state index in [0.717, 1.165) is 0 Å². The molecule has 0 aliphatic carbocycles. The molecule has 0 saturated carbocycles. The third kappa shape index (κ3) is 3.91. The van der Waals surface area contributed by atoms with Gasteiger partial charge in [-0.25, -0.2) is 4.79 Å². The summed E-state index contributed by atoms with van der Waals surface area (Å²) in [5, 5.41) is 30.7. The van der Waals surface area contributed by atoms with E-state index in [1.54, 1.807) is 25.8 Å². The Hall–Kier alpha value is -0.690. The van der Waals surface area contributed by atoms with Crippen LogP contribution in [0, 0.1) is 10.8 Å². The Labute approximate surface area is 120 Å². The highest BCUT2D eigenvalue weighted by atomic mass is 16.7. The predicted molar refractivity (Wildman–Crippen MR) is 73.6 cm³/mol. The summed E-state index contributed by atoms with van der Waals surface area (Å²) in [4.78, 5) is 17.1. The van der Waals surface area contributed by atoms with Gasteiger partial charge in [0.2, 0.25) is 0 Å². The highest BCUT2D eigenvalue weighted by Crippen LogP contribution is 2.36. The van der Waals surface area contributed by atoms with Gasteiger partial charge in [-0.15, -0.1) is 5.06 Å². The average Bonchev–Trinajstić information content (AvgIpc) is 2.37. The molecule has 0 bridgehead atoms. The van der Waals surface area contributed by atoms with Crippen molar-refractivity contribution in [1.82, 2.24) is 5.06 Å². The van der Waals surface area contributed by atoms with E-state index in [2.05, 4.69) is 0 Å². The fraction of sp³-hybridized carbons (Fsp3) is 0.929. The normalized spacial score (nSPS) is 23.1. The largest absolute Gasteiger partial charge is 0.396 e. The van der Waals surface area contributed by atoms with Gasteiger partial charge in [-0.3, -0.25) is 0 Å². The van der Waals surface area contributed by atoms with Gasteiger partial charge in [0.15, 0.2) is 0 Å². The number of rotatable bonds is 4. The number of aliphatic hydroxyl groups excluding tert-OH is 3. The first-order valence-electron chi connectivity index (χ1n) is 7.07. The van der Waals surface area contributed by atoms with E-state index in [1.807, 2.05) is 0 Å². The Morgan fingerprint density at radius 3 is 2.15 bits per heavy atom. The number of aliphatic hydroxyl groups is 3. The molecule has 20 heavy (non-hydrogen) atoms. The maximum Gasteiger partial charge on any atom is 0.330 e. The summed E-state index contributed by atoms with van der Waals surface area (Å²) in [7, 11) is 0. The standard InChI is InChI=1S/C14H27NO5/c1-10(17)11(18)14(9-16)5-7-15(8-6-14)20-12(19)13(2,3)4/h10-11,16-18H,5-9H2,1-4H3/t10-,11?/m0/s1. The fourth-order valence-electron chi connectivity index (χ4n) is 2.34. The minimum atomic E-state index is -0.979. The number of hydroxylamine groups is 2. The molecule has 1 unspecified atom stereocenters. The molecule has 6 nitrogen and oxygen atoms in total. The number of hydrogen-bond acceptors (Lipinski definition) is 6. The van der Waals surface area contributed by atoms with Crippen molar-refractivity contribution in [3.8, 4) is 0 Å². The van der Waals surface area contributed by atoms with E-state index in [9.17, 15) is 20.1 Å². The van der Waals surface area contributed by atoms with Crippen molar-refractivity contribution >= 4 is 5.97 Å². The van der Waals surface area contributed by atoms with E-state index in [1.165, 1.54) is 6.92 Å². The van der Waals surface area contributed by atoms with Crippen molar-refractivity contribution in [2.45, 2.75) is 52.7 Å². The van der Waals surface area contributed by atoms with Crippen molar-refractivity contribution in [1.29, 1.82) is 0 Å². The first kappa shape index (κ1) is 17.4. The minimum Gasteiger partial charge on any atom is -0.396 e. The lowest BCUT2D eigenvalue weighted by Crippen LogP contribution is -2.52. The third-order valence-electron chi connectivity index (χ3n) is 3.94. The Bertz CT molecular complexity index is 329. The Balaban J connectivity index is 2.60. The highest BCUT2D eigenvalue weighted by Gasteiger charge is 2.43. The summed E-state index contributed by atoms with van der Waals surface area (Å²) in [5.41, 5.74) is -1.29. The predicted octanol–water partition coefficient (Wildman–Crippen LogP) is 0.307. The molecule has 0 aromatic carbocycles. The second kappa shape index (κ2) is 6.39. The van der Waals surface area contributed by atoms with E-state index in [-0.39, 0.29) is 12.6 Å². The summed E-state index contributed by atoms with van der Waals surface area (Å²) < 4.78 is 0. The molecule has 1 saturated heterocycles.